The highest BCUT2D eigenvalue weighted by Crippen LogP contribution is 2.28. The van der Waals surface area contributed by atoms with E-state index in [0.29, 0.717) is 34.0 Å². The minimum absolute atomic E-state index is 0.167. The van der Waals surface area contributed by atoms with Gasteiger partial charge in [-0.3, -0.25) is 9.59 Å². The van der Waals surface area contributed by atoms with Gasteiger partial charge in [-0.15, -0.1) is 5.10 Å². The maximum Gasteiger partial charge on any atom is 0.276 e. The molecule has 3 aromatic rings. The zero-order chi connectivity index (χ0) is 23.2. The minimum Gasteiger partial charge on any atom is -0.493 e. The SMILES string of the molecule is COc1cc(C=NN=C2C(=O)Nc3ccccc32)ccc1OCC(=O)Nc1ccc(C)cc1. The van der Waals surface area contributed by atoms with Crippen LogP contribution in [0.5, 0.6) is 11.5 Å². The number of amides is 2. The molecule has 2 N–H and O–H groups in total. The Bertz CT molecular complexity index is 1250. The molecule has 8 nitrogen and oxygen atoms in total. The lowest BCUT2D eigenvalue weighted by Gasteiger charge is -2.11. The van der Waals surface area contributed by atoms with Gasteiger partial charge in [-0.05, 0) is 48.9 Å². The second-order valence-electron chi connectivity index (χ2n) is 7.31. The summed E-state index contributed by atoms with van der Waals surface area (Å²) in [6.45, 7) is 1.81. The molecule has 0 aromatic heterocycles. The van der Waals surface area contributed by atoms with E-state index >= 15 is 0 Å². The molecule has 1 aliphatic rings. The van der Waals surface area contributed by atoms with Crippen LogP contribution in [-0.4, -0.2) is 37.5 Å². The van der Waals surface area contributed by atoms with Gasteiger partial charge in [0.15, 0.2) is 23.8 Å². The van der Waals surface area contributed by atoms with Crippen molar-refractivity contribution in [1.82, 2.24) is 0 Å². The van der Waals surface area contributed by atoms with Gasteiger partial charge in [0.2, 0.25) is 0 Å². The molecule has 1 aliphatic heterocycles. The largest absolute Gasteiger partial charge is 0.493 e. The number of para-hydroxylation sites is 1. The van der Waals surface area contributed by atoms with Crippen molar-refractivity contribution in [3.63, 3.8) is 0 Å². The van der Waals surface area contributed by atoms with Gasteiger partial charge in [-0.2, -0.15) is 5.10 Å². The van der Waals surface area contributed by atoms with Crippen LogP contribution in [0.4, 0.5) is 11.4 Å². The van der Waals surface area contributed by atoms with E-state index in [4.69, 9.17) is 9.47 Å². The van der Waals surface area contributed by atoms with Crippen molar-refractivity contribution in [3.8, 4) is 11.5 Å². The zero-order valence-corrected chi connectivity index (χ0v) is 18.2. The number of benzene rings is 3. The molecule has 0 bridgehead atoms. The number of ether oxygens (including phenoxy) is 2. The fraction of sp³-hybridized carbons (Fsp3) is 0.120. The van der Waals surface area contributed by atoms with Crippen molar-refractivity contribution in [2.24, 2.45) is 10.2 Å². The first-order valence-corrected chi connectivity index (χ1v) is 10.2. The van der Waals surface area contributed by atoms with Gasteiger partial charge in [0.05, 0.1) is 19.0 Å². The highest BCUT2D eigenvalue weighted by molar-refractivity contribution is 6.53. The lowest BCUT2D eigenvalue weighted by Crippen LogP contribution is -2.20. The first-order valence-electron chi connectivity index (χ1n) is 10.2. The molecule has 166 valence electrons. The molecule has 0 saturated carbocycles. The van der Waals surface area contributed by atoms with Gasteiger partial charge >= 0.3 is 0 Å². The van der Waals surface area contributed by atoms with Crippen LogP contribution in [0, 0.1) is 6.92 Å². The topological polar surface area (TPSA) is 101 Å². The van der Waals surface area contributed by atoms with Crippen LogP contribution in [0.15, 0.2) is 76.9 Å². The number of nitrogens with one attached hydrogen (secondary N) is 2. The smallest absolute Gasteiger partial charge is 0.276 e. The van der Waals surface area contributed by atoms with Gasteiger partial charge < -0.3 is 20.1 Å². The summed E-state index contributed by atoms with van der Waals surface area (Å²) in [6.07, 6.45) is 1.51. The van der Waals surface area contributed by atoms with Crippen molar-refractivity contribution in [1.29, 1.82) is 0 Å². The number of anilines is 2. The molecule has 8 heteroatoms. The molecule has 0 aliphatic carbocycles. The third-order valence-electron chi connectivity index (χ3n) is 4.89. The summed E-state index contributed by atoms with van der Waals surface area (Å²) in [4.78, 5) is 24.3. The fourth-order valence-electron chi connectivity index (χ4n) is 3.22. The molecular formula is C25H22N4O4. The summed E-state index contributed by atoms with van der Waals surface area (Å²) in [7, 11) is 1.51. The van der Waals surface area contributed by atoms with Crippen molar-refractivity contribution >= 4 is 35.1 Å². The monoisotopic (exact) mass is 442 g/mol. The van der Waals surface area contributed by atoms with Crippen LogP contribution in [0.1, 0.15) is 16.7 Å². The van der Waals surface area contributed by atoms with Crippen LogP contribution >= 0.6 is 0 Å². The number of fused-ring (bicyclic) bond motifs is 1. The predicted molar refractivity (Wildman–Crippen MR) is 128 cm³/mol. The standard InChI is InChI=1S/C25H22N4O4/c1-16-7-10-18(11-8-16)27-23(30)15-33-21-12-9-17(13-22(21)32-2)14-26-29-24-19-5-3-4-6-20(19)28-25(24)31/h3-14H,15H2,1-2H3,(H,27,30)(H,28,29,31). The summed E-state index contributed by atoms with van der Waals surface area (Å²) >= 11 is 0. The summed E-state index contributed by atoms with van der Waals surface area (Å²) in [5, 5.41) is 13.6. The van der Waals surface area contributed by atoms with Crippen molar-refractivity contribution in [2.75, 3.05) is 24.4 Å². The van der Waals surface area contributed by atoms with Crippen LogP contribution in [-0.2, 0) is 9.59 Å². The summed E-state index contributed by atoms with van der Waals surface area (Å²) in [5.41, 5.74) is 4.19. The molecule has 0 unspecified atom stereocenters. The molecule has 0 spiro atoms. The Kier molecular flexibility index (Phi) is 6.45. The average molecular weight is 442 g/mol. The van der Waals surface area contributed by atoms with Gasteiger partial charge in [0.1, 0.15) is 0 Å². The second kappa shape index (κ2) is 9.78. The number of aryl methyl sites for hydroxylation is 1. The van der Waals surface area contributed by atoms with Crippen LogP contribution < -0.4 is 20.1 Å². The highest BCUT2D eigenvalue weighted by Gasteiger charge is 2.25. The predicted octanol–water partition coefficient (Wildman–Crippen LogP) is 3.80. The average Bonchev–Trinajstić information content (AvgIpc) is 3.14. The van der Waals surface area contributed by atoms with E-state index in [1.54, 1.807) is 18.2 Å². The van der Waals surface area contributed by atoms with Gasteiger partial charge in [0, 0.05) is 11.3 Å². The quantitative estimate of drug-likeness (QED) is 0.429. The normalized spacial score (nSPS) is 13.6. The number of hydrogen-bond acceptors (Lipinski definition) is 6. The van der Waals surface area contributed by atoms with Crippen molar-refractivity contribution in [2.45, 2.75) is 6.92 Å². The number of carbonyl (C=O) groups is 2. The van der Waals surface area contributed by atoms with Crippen LogP contribution in [0.3, 0.4) is 0 Å². The molecule has 0 atom stereocenters. The highest BCUT2D eigenvalue weighted by atomic mass is 16.5. The second-order valence-corrected chi connectivity index (χ2v) is 7.31. The molecular weight excluding hydrogens is 420 g/mol. The molecule has 0 saturated heterocycles. The van der Waals surface area contributed by atoms with Crippen molar-refractivity contribution < 1.29 is 19.1 Å². The molecule has 2 amide bonds. The summed E-state index contributed by atoms with van der Waals surface area (Å²) in [5.74, 6) is 0.291. The third kappa shape index (κ3) is 5.24. The third-order valence-corrected chi connectivity index (χ3v) is 4.89. The van der Waals surface area contributed by atoms with Gasteiger partial charge in [-0.1, -0.05) is 35.9 Å². The van der Waals surface area contributed by atoms with Crippen LogP contribution in [0.2, 0.25) is 0 Å². The Labute approximate surface area is 191 Å². The molecule has 4 rings (SSSR count). The van der Waals surface area contributed by atoms with Gasteiger partial charge in [-0.25, -0.2) is 0 Å². The zero-order valence-electron chi connectivity index (χ0n) is 18.2. The molecule has 3 aromatic carbocycles. The van der Waals surface area contributed by atoms with Crippen LogP contribution in [0.25, 0.3) is 0 Å². The number of rotatable bonds is 7. The van der Waals surface area contributed by atoms with Crippen molar-refractivity contribution in [3.05, 3.63) is 83.4 Å². The Morgan fingerprint density at radius 3 is 2.64 bits per heavy atom. The fourth-order valence-corrected chi connectivity index (χ4v) is 3.22. The van der Waals surface area contributed by atoms with E-state index in [1.807, 2.05) is 55.5 Å². The van der Waals surface area contributed by atoms with E-state index in [-0.39, 0.29) is 24.1 Å². The number of methoxy groups -OCH3 is 1. The van der Waals surface area contributed by atoms with E-state index in [2.05, 4.69) is 20.8 Å². The molecule has 33 heavy (non-hydrogen) atoms. The Morgan fingerprint density at radius 1 is 1.06 bits per heavy atom. The maximum absolute atomic E-state index is 12.2. The van der Waals surface area contributed by atoms with E-state index < -0.39 is 0 Å². The summed E-state index contributed by atoms with van der Waals surface area (Å²) in [6, 6.07) is 19.9. The van der Waals surface area contributed by atoms with E-state index in [1.165, 1.54) is 13.3 Å². The lowest BCUT2D eigenvalue weighted by molar-refractivity contribution is -0.118. The van der Waals surface area contributed by atoms with E-state index in [0.717, 1.165) is 5.56 Å². The molecule has 1 heterocycles. The summed E-state index contributed by atoms with van der Waals surface area (Å²) < 4.78 is 11.0. The first-order chi connectivity index (χ1) is 16.0. The Hall–Kier alpha value is -4.46. The molecule has 0 radical (unpaired) electrons. The van der Waals surface area contributed by atoms with Gasteiger partial charge in [0.25, 0.3) is 11.8 Å². The minimum atomic E-state index is -0.293. The van der Waals surface area contributed by atoms with E-state index in [9.17, 15) is 9.59 Å². The first kappa shape index (κ1) is 21.8. The number of carbonyl (C=O) groups excluding carboxylic acids is 2. The Balaban J connectivity index is 1.40. The lowest BCUT2D eigenvalue weighted by atomic mass is 10.1. The maximum atomic E-state index is 12.2. The number of nitrogens with zero attached hydrogens (tertiary/aromatic N) is 2. The number of hydrogen-bond donors (Lipinski definition) is 2. The molecule has 0 fully saturated rings. The Morgan fingerprint density at radius 2 is 1.85 bits per heavy atom.